The second-order valence-corrected chi connectivity index (χ2v) is 7.50. The summed E-state index contributed by atoms with van der Waals surface area (Å²) in [7, 11) is 1.70. The molecule has 10 heteroatoms. The molecule has 0 aromatic carbocycles. The Morgan fingerprint density at radius 1 is 1.35 bits per heavy atom. The molecule has 0 saturated heterocycles. The summed E-state index contributed by atoms with van der Waals surface area (Å²) in [5.41, 5.74) is -0.957. The average molecular weight is 390 g/mol. The molecule has 0 amide bonds. The number of thioether (sulfide) groups is 1. The van der Waals surface area contributed by atoms with E-state index in [1.165, 1.54) is 6.42 Å². The number of alkyl halides is 3. The Kier molecular flexibility index (Phi) is 7.80. The normalized spacial score (nSPS) is 20.9. The van der Waals surface area contributed by atoms with Crippen molar-refractivity contribution in [2.24, 2.45) is 4.99 Å². The molecule has 0 spiro atoms. The van der Waals surface area contributed by atoms with E-state index < -0.39 is 11.9 Å². The molecule has 1 aromatic rings. The zero-order valence-corrected chi connectivity index (χ0v) is 15.8. The smallest absolute Gasteiger partial charge is 0.355 e. The Balaban J connectivity index is 1.71. The highest BCUT2D eigenvalue weighted by atomic mass is 32.2. The molecular weight excluding hydrogens is 365 g/mol. The van der Waals surface area contributed by atoms with Gasteiger partial charge in [-0.25, -0.2) is 9.97 Å². The zero-order valence-electron chi connectivity index (χ0n) is 14.9. The summed E-state index contributed by atoms with van der Waals surface area (Å²) in [6.07, 6.45) is 0.0709. The van der Waals surface area contributed by atoms with Gasteiger partial charge in [-0.15, -0.1) is 0 Å². The van der Waals surface area contributed by atoms with Gasteiger partial charge in [-0.1, -0.05) is 6.92 Å². The lowest BCUT2D eigenvalue weighted by Gasteiger charge is -2.17. The van der Waals surface area contributed by atoms with Crippen LogP contribution in [0.3, 0.4) is 0 Å². The number of hydrogen-bond acceptors (Lipinski definition) is 5. The van der Waals surface area contributed by atoms with Crippen molar-refractivity contribution >= 4 is 23.7 Å². The van der Waals surface area contributed by atoms with E-state index in [2.05, 4.69) is 37.8 Å². The van der Waals surface area contributed by atoms with Gasteiger partial charge in [0, 0.05) is 37.6 Å². The maximum atomic E-state index is 12.6. The summed E-state index contributed by atoms with van der Waals surface area (Å²) in [4.78, 5) is 11.5. The molecule has 1 aliphatic rings. The Morgan fingerprint density at radius 3 is 2.85 bits per heavy atom. The van der Waals surface area contributed by atoms with E-state index in [4.69, 9.17) is 0 Å². The fourth-order valence-electron chi connectivity index (χ4n) is 2.80. The molecule has 1 aliphatic carbocycles. The number of halogens is 3. The minimum atomic E-state index is -4.47. The molecule has 146 valence electrons. The van der Waals surface area contributed by atoms with Crippen molar-refractivity contribution in [3.05, 3.63) is 18.0 Å². The van der Waals surface area contributed by atoms with Crippen LogP contribution in [0.15, 0.2) is 17.3 Å². The highest BCUT2D eigenvalue weighted by molar-refractivity contribution is 7.99. The molecular formula is C16H25F3N6S. The summed E-state index contributed by atoms with van der Waals surface area (Å²) in [6, 6.07) is 1.26. The Hall–Kier alpha value is -1.71. The molecule has 1 saturated carbocycles. The number of nitrogens with zero attached hydrogens (tertiary/aromatic N) is 3. The third kappa shape index (κ3) is 6.54. The van der Waals surface area contributed by atoms with Crippen molar-refractivity contribution in [1.29, 1.82) is 0 Å². The van der Waals surface area contributed by atoms with E-state index in [-0.39, 0.29) is 5.95 Å². The molecule has 2 atom stereocenters. The molecule has 2 rings (SSSR count). The van der Waals surface area contributed by atoms with E-state index in [0.717, 1.165) is 30.9 Å². The first-order chi connectivity index (χ1) is 12.4. The van der Waals surface area contributed by atoms with Gasteiger partial charge in [0.1, 0.15) is 5.69 Å². The largest absolute Gasteiger partial charge is 0.433 e. The number of anilines is 1. The first kappa shape index (κ1) is 20.6. The zero-order chi connectivity index (χ0) is 19.0. The quantitative estimate of drug-likeness (QED) is 0.378. The molecule has 2 unspecified atom stereocenters. The van der Waals surface area contributed by atoms with Crippen LogP contribution in [0.25, 0.3) is 0 Å². The van der Waals surface area contributed by atoms with Crippen molar-refractivity contribution in [1.82, 2.24) is 20.6 Å². The van der Waals surface area contributed by atoms with Gasteiger partial charge in [0.05, 0.1) is 0 Å². The second kappa shape index (κ2) is 9.84. The highest BCUT2D eigenvalue weighted by Crippen LogP contribution is 2.29. The number of aromatic nitrogens is 2. The maximum absolute atomic E-state index is 12.6. The topological polar surface area (TPSA) is 74.2 Å². The van der Waals surface area contributed by atoms with Gasteiger partial charge < -0.3 is 16.0 Å². The number of guanidine groups is 1. The molecule has 0 radical (unpaired) electrons. The van der Waals surface area contributed by atoms with Crippen LogP contribution in [0.1, 0.15) is 31.9 Å². The summed E-state index contributed by atoms with van der Waals surface area (Å²) in [5.74, 6) is 1.79. The Bertz CT molecular complexity index is 596. The van der Waals surface area contributed by atoms with Crippen molar-refractivity contribution in [2.45, 2.75) is 43.7 Å². The van der Waals surface area contributed by atoms with Crippen LogP contribution in [-0.4, -0.2) is 53.1 Å². The lowest BCUT2D eigenvalue weighted by molar-refractivity contribution is -0.141. The first-order valence-electron chi connectivity index (χ1n) is 8.65. The summed E-state index contributed by atoms with van der Waals surface area (Å²) in [6.45, 7) is 3.03. The lowest BCUT2D eigenvalue weighted by atomic mass is 10.2. The minimum absolute atomic E-state index is 0.0419. The summed E-state index contributed by atoms with van der Waals surface area (Å²) >= 11 is 1.99. The molecule has 3 N–H and O–H groups in total. The van der Waals surface area contributed by atoms with Crippen LogP contribution >= 0.6 is 11.8 Å². The molecule has 1 aromatic heterocycles. The van der Waals surface area contributed by atoms with Gasteiger partial charge in [0.15, 0.2) is 5.96 Å². The summed E-state index contributed by atoms with van der Waals surface area (Å²) < 4.78 is 37.9. The van der Waals surface area contributed by atoms with Crippen LogP contribution in [0.2, 0.25) is 0 Å². The number of aliphatic imine (C=N–C) groups is 1. The van der Waals surface area contributed by atoms with Gasteiger partial charge in [0.25, 0.3) is 0 Å². The predicted octanol–water partition coefficient (Wildman–Crippen LogP) is 2.75. The molecule has 1 fully saturated rings. The highest BCUT2D eigenvalue weighted by Gasteiger charge is 2.32. The van der Waals surface area contributed by atoms with E-state index in [1.807, 2.05) is 11.8 Å². The van der Waals surface area contributed by atoms with E-state index in [0.29, 0.717) is 30.3 Å². The van der Waals surface area contributed by atoms with Crippen molar-refractivity contribution in [2.75, 3.05) is 31.2 Å². The molecule has 6 nitrogen and oxygen atoms in total. The van der Waals surface area contributed by atoms with E-state index >= 15 is 0 Å². The van der Waals surface area contributed by atoms with Crippen molar-refractivity contribution < 1.29 is 13.2 Å². The number of hydrogen-bond donors (Lipinski definition) is 3. The number of nitrogens with one attached hydrogen (secondary N) is 3. The van der Waals surface area contributed by atoms with Gasteiger partial charge in [0.2, 0.25) is 5.95 Å². The lowest BCUT2D eigenvalue weighted by Crippen LogP contribution is -2.44. The van der Waals surface area contributed by atoms with Crippen LogP contribution in [-0.2, 0) is 6.18 Å². The van der Waals surface area contributed by atoms with Gasteiger partial charge in [-0.3, -0.25) is 4.99 Å². The summed E-state index contributed by atoms with van der Waals surface area (Å²) in [5, 5.41) is 10.0. The van der Waals surface area contributed by atoms with E-state index in [9.17, 15) is 13.2 Å². The fraction of sp³-hybridized carbons (Fsp3) is 0.688. The van der Waals surface area contributed by atoms with Crippen LogP contribution < -0.4 is 16.0 Å². The molecule has 0 bridgehead atoms. The maximum Gasteiger partial charge on any atom is 0.433 e. The third-order valence-electron chi connectivity index (χ3n) is 4.00. The second-order valence-electron chi connectivity index (χ2n) is 5.92. The minimum Gasteiger partial charge on any atom is -0.355 e. The number of rotatable bonds is 7. The van der Waals surface area contributed by atoms with Crippen LogP contribution in [0, 0.1) is 0 Å². The Morgan fingerprint density at radius 2 is 2.15 bits per heavy atom. The van der Waals surface area contributed by atoms with Crippen molar-refractivity contribution in [3.63, 3.8) is 0 Å². The van der Waals surface area contributed by atoms with Gasteiger partial charge >= 0.3 is 6.18 Å². The molecule has 1 heterocycles. The fourth-order valence-corrected chi connectivity index (χ4v) is 3.95. The van der Waals surface area contributed by atoms with Crippen molar-refractivity contribution in [3.8, 4) is 0 Å². The standard InChI is InChI=1S/C16H25F3N6S/c1-3-26-12-5-4-11(10-12)24-14(20-2)22-8-9-23-15-21-7-6-13(25-15)16(17,18)19/h6-7,11-12H,3-5,8-10H2,1-2H3,(H2,20,22,24)(H,21,23,25). The monoisotopic (exact) mass is 390 g/mol. The molecule has 0 aliphatic heterocycles. The van der Waals surface area contributed by atoms with Crippen LogP contribution in [0.4, 0.5) is 19.1 Å². The predicted molar refractivity (Wildman–Crippen MR) is 99.6 cm³/mol. The molecule has 26 heavy (non-hydrogen) atoms. The average Bonchev–Trinajstić information content (AvgIpc) is 3.04. The SMILES string of the molecule is CCSC1CCC(NC(=NC)NCCNc2nccc(C(F)(F)F)n2)C1. The van der Waals surface area contributed by atoms with Crippen LogP contribution in [0.5, 0.6) is 0 Å². The first-order valence-corrected chi connectivity index (χ1v) is 9.70. The Labute approximate surface area is 155 Å². The third-order valence-corrected chi connectivity index (χ3v) is 5.23. The van der Waals surface area contributed by atoms with E-state index in [1.54, 1.807) is 7.05 Å². The van der Waals surface area contributed by atoms with Gasteiger partial charge in [-0.2, -0.15) is 24.9 Å². The van der Waals surface area contributed by atoms with Gasteiger partial charge in [-0.05, 0) is 31.1 Å².